The van der Waals surface area contributed by atoms with Crippen molar-refractivity contribution in [2.45, 2.75) is 58.1 Å². The van der Waals surface area contributed by atoms with E-state index in [4.69, 9.17) is 10.5 Å². The van der Waals surface area contributed by atoms with Gasteiger partial charge in [-0.15, -0.1) is 6.58 Å². The molecule has 1 aromatic rings. The molecule has 0 aliphatic rings. The Morgan fingerprint density at radius 3 is 2.61 bits per heavy atom. The minimum atomic E-state index is -0.542. The van der Waals surface area contributed by atoms with Crippen LogP contribution in [-0.4, -0.2) is 23.2 Å². The number of aromatic nitrogens is 1. The van der Waals surface area contributed by atoms with Crippen LogP contribution in [0, 0.1) is 0 Å². The highest BCUT2D eigenvalue weighted by Gasteiger charge is 2.23. The van der Waals surface area contributed by atoms with Crippen LogP contribution in [0.25, 0.3) is 0 Å². The Labute approximate surface area is 139 Å². The number of pyridine rings is 1. The molecule has 0 spiro atoms. The molecule has 0 saturated carbocycles. The summed E-state index contributed by atoms with van der Waals surface area (Å²) >= 11 is 0. The molecular weight excluding hydrogens is 290 g/mol. The molecule has 0 fully saturated rings. The number of nitrogens with zero attached hydrogens (tertiary/aromatic N) is 1. The Balaban J connectivity index is 3.00. The molecule has 5 nitrogen and oxygen atoms in total. The van der Waals surface area contributed by atoms with Crippen LogP contribution < -0.4 is 11.1 Å². The molecule has 1 rings (SSSR count). The number of alkyl carbamates (subject to hydrolysis) is 1. The summed E-state index contributed by atoms with van der Waals surface area (Å²) in [5, 5.41) is 2.86. The number of hydrogen-bond donors (Lipinski definition) is 2. The van der Waals surface area contributed by atoms with Gasteiger partial charge in [0.15, 0.2) is 0 Å². The van der Waals surface area contributed by atoms with E-state index in [0.29, 0.717) is 13.0 Å². The summed E-state index contributed by atoms with van der Waals surface area (Å²) in [4.78, 5) is 16.4. The van der Waals surface area contributed by atoms with Crippen molar-refractivity contribution in [2.24, 2.45) is 5.73 Å². The fraction of sp³-hybridized carbons (Fsp3) is 0.556. The Bertz CT molecular complexity index is 547. The van der Waals surface area contributed by atoms with Crippen molar-refractivity contribution >= 4 is 6.09 Å². The van der Waals surface area contributed by atoms with Gasteiger partial charge in [-0.3, -0.25) is 4.98 Å². The van der Waals surface area contributed by atoms with E-state index in [1.165, 1.54) is 0 Å². The zero-order valence-corrected chi connectivity index (χ0v) is 14.8. The highest BCUT2D eigenvalue weighted by atomic mass is 16.6. The number of carbonyl (C=O) groups is 1. The molecule has 0 aliphatic carbocycles. The largest absolute Gasteiger partial charge is 0.444 e. The van der Waals surface area contributed by atoms with Crippen LogP contribution in [-0.2, 0) is 10.2 Å². The third-order valence-corrected chi connectivity index (χ3v) is 3.52. The lowest BCUT2D eigenvalue weighted by Gasteiger charge is -2.26. The number of rotatable bonds is 6. The van der Waals surface area contributed by atoms with Gasteiger partial charge in [0, 0.05) is 18.2 Å². The van der Waals surface area contributed by atoms with E-state index in [1.807, 2.05) is 32.9 Å². The van der Waals surface area contributed by atoms with Crippen molar-refractivity contribution in [1.29, 1.82) is 0 Å². The van der Waals surface area contributed by atoms with Crippen molar-refractivity contribution < 1.29 is 9.53 Å². The average molecular weight is 319 g/mol. The lowest BCUT2D eigenvalue weighted by atomic mass is 9.84. The molecule has 0 aromatic carbocycles. The van der Waals surface area contributed by atoms with Crippen molar-refractivity contribution in [3.05, 3.63) is 42.2 Å². The van der Waals surface area contributed by atoms with Gasteiger partial charge in [-0.25, -0.2) is 4.79 Å². The first-order valence-corrected chi connectivity index (χ1v) is 7.86. The number of hydrogen-bond acceptors (Lipinski definition) is 4. The molecule has 5 heteroatoms. The molecule has 0 aliphatic heterocycles. The van der Waals surface area contributed by atoms with E-state index in [1.54, 1.807) is 12.3 Å². The van der Waals surface area contributed by atoms with Crippen LogP contribution in [0.3, 0.4) is 0 Å². The van der Waals surface area contributed by atoms with Crippen LogP contribution in [0.15, 0.2) is 31.0 Å². The van der Waals surface area contributed by atoms with Crippen molar-refractivity contribution in [3.63, 3.8) is 0 Å². The zero-order valence-electron chi connectivity index (χ0n) is 14.8. The summed E-state index contributed by atoms with van der Waals surface area (Å²) in [7, 11) is 0. The first-order chi connectivity index (χ1) is 10.6. The lowest BCUT2D eigenvalue weighted by molar-refractivity contribution is 0.0503. The standard InChI is InChI=1S/C18H29N3O2/c1-7-8-14(21-16(22)23-17(2,3)4)15-11-13(9-10-20-15)18(5,6)12-19/h7,9-11,14H,1,8,12,19H2,2-6H3,(H,21,22). The van der Waals surface area contributed by atoms with Gasteiger partial charge in [0.2, 0.25) is 0 Å². The fourth-order valence-corrected chi connectivity index (χ4v) is 2.05. The van der Waals surface area contributed by atoms with Crippen LogP contribution in [0.5, 0.6) is 0 Å². The number of nitrogens with two attached hydrogens (primary N) is 1. The Hall–Kier alpha value is -1.88. The molecule has 128 valence electrons. The summed E-state index contributed by atoms with van der Waals surface area (Å²) < 4.78 is 5.32. The molecule has 1 amide bonds. The molecule has 1 atom stereocenters. The fourth-order valence-electron chi connectivity index (χ4n) is 2.05. The first kappa shape index (κ1) is 19.2. The molecule has 0 radical (unpaired) electrons. The molecular formula is C18H29N3O2. The number of ether oxygens (including phenoxy) is 1. The van der Waals surface area contributed by atoms with Gasteiger partial charge >= 0.3 is 6.09 Å². The molecule has 23 heavy (non-hydrogen) atoms. The Morgan fingerprint density at radius 2 is 2.09 bits per heavy atom. The van der Waals surface area contributed by atoms with E-state index in [0.717, 1.165) is 11.3 Å². The lowest BCUT2D eigenvalue weighted by Crippen LogP contribution is -2.35. The molecule has 1 unspecified atom stereocenters. The third kappa shape index (κ3) is 6.02. The Morgan fingerprint density at radius 1 is 1.43 bits per heavy atom. The van der Waals surface area contributed by atoms with Gasteiger partial charge in [0.05, 0.1) is 11.7 Å². The minimum absolute atomic E-state index is 0.150. The van der Waals surface area contributed by atoms with Gasteiger partial charge in [0.25, 0.3) is 0 Å². The van der Waals surface area contributed by atoms with E-state index in [-0.39, 0.29) is 11.5 Å². The topological polar surface area (TPSA) is 77.2 Å². The zero-order chi connectivity index (χ0) is 17.7. The molecule has 1 aromatic heterocycles. The molecule has 3 N–H and O–H groups in total. The summed E-state index contributed by atoms with van der Waals surface area (Å²) in [6.45, 7) is 13.9. The molecule has 0 bridgehead atoms. The van der Waals surface area contributed by atoms with Crippen LogP contribution in [0.1, 0.15) is 58.3 Å². The monoisotopic (exact) mass is 319 g/mol. The summed E-state index contributed by atoms with van der Waals surface area (Å²) in [5.74, 6) is 0. The van der Waals surface area contributed by atoms with Gasteiger partial charge in [-0.05, 0) is 44.9 Å². The normalized spacial score (nSPS) is 13.3. The van der Waals surface area contributed by atoms with E-state index < -0.39 is 11.7 Å². The van der Waals surface area contributed by atoms with E-state index in [2.05, 4.69) is 30.7 Å². The second kappa shape index (κ2) is 7.59. The van der Waals surface area contributed by atoms with E-state index in [9.17, 15) is 4.79 Å². The SMILES string of the molecule is C=CCC(NC(=O)OC(C)(C)C)c1cc(C(C)(C)CN)ccn1. The number of amides is 1. The van der Waals surface area contributed by atoms with Crippen molar-refractivity contribution in [3.8, 4) is 0 Å². The number of nitrogens with one attached hydrogen (secondary N) is 1. The second-order valence-corrected chi connectivity index (χ2v) is 7.28. The van der Waals surface area contributed by atoms with Crippen molar-refractivity contribution in [2.75, 3.05) is 6.54 Å². The first-order valence-electron chi connectivity index (χ1n) is 7.86. The van der Waals surface area contributed by atoms with Crippen LogP contribution in [0.4, 0.5) is 4.79 Å². The highest BCUT2D eigenvalue weighted by molar-refractivity contribution is 5.68. The third-order valence-electron chi connectivity index (χ3n) is 3.52. The molecule has 0 saturated heterocycles. The highest BCUT2D eigenvalue weighted by Crippen LogP contribution is 2.25. The Kier molecular flexibility index (Phi) is 6.33. The van der Waals surface area contributed by atoms with Gasteiger partial charge < -0.3 is 15.8 Å². The van der Waals surface area contributed by atoms with Crippen LogP contribution >= 0.6 is 0 Å². The predicted octanol–water partition coefficient (Wildman–Crippen LogP) is 3.46. The van der Waals surface area contributed by atoms with E-state index >= 15 is 0 Å². The summed E-state index contributed by atoms with van der Waals surface area (Å²) in [5.41, 5.74) is 7.02. The maximum Gasteiger partial charge on any atom is 0.408 e. The quantitative estimate of drug-likeness (QED) is 0.787. The van der Waals surface area contributed by atoms with Gasteiger partial charge in [0.1, 0.15) is 5.60 Å². The van der Waals surface area contributed by atoms with Gasteiger partial charge in [-0.2, -0.15) is 0 Å². The summed E-state index contributed by atoms with van der Waals surface area (Å²) in [6, 6.07) is 3.66. The van der Waals surface area contributed by atoms with Gasteiger partial charge in [-0.1, -0.05) is 19.9 Å². The maximum atomic E-state index is 12.0. The molecule has 1 heterocycles. The van der Waals surface area contributed by atoms with Crippen molar-refractivity contribution in [1.82, 2.24) is 10.3 Å². The van der Waals surface area contributed by atoms with Crippen LogP contribution in [0.2, 0.25) is 0 Å². The summed E-state index contributed by atoms with van der Waals surface area (Å²) in [6.07, 6.45) is 3.60. The maximum absolute atomic E-state index is 12.0. The predicted molar refractivity (Wildman–Crippen MR) is 93.2 cm³/mol. The smallest absolute Gasteiger partial charge is 0.408 e. The number of carbonyl (C=O) groups excluding carboxylic acids is 1. The second-order valence-electron chi connectivity index (χ2n) is 7.28. The average Bonchev–Trinajstić information content (AvgIpc) is 2.45. The minimum Gasteiger partial charge on any atom is -0.444 e.